The Labute approximate surface area is 103 Å². The maximum Gasteiger partial charge on any atom is 0.340 e. The highest BCUT2D eigenvalue weighted by molar-refractivity contribution is 7.89. The number of hydrogen-bond donors (Lipinski definition) is 3. The maximum absolute atomic E-state index is 12.0. The van der Waals surface area contributed by atoms with E-state index in [0.717, 1.165) is 12.6 Å². The van der Waals surface area contributed by atoms with E-state index < -0.39 is 21.0 Å². The molecule has 2 rings (SSSR count). The average Bonchev–Trinajstić information content (AvgIpc) is 2.79. The molecule has 0 aliphatic carbocycles. The first kappa shape index (κ1) is 13.0. The molecule has 1 aliphatic rings. The fraction of sp³-hybridized carbons (Fsp3) is 0.556. The molecule has 0 radical (unpaired) electrons. The molecule has 9 heteroatoms. The SMILES string of the molecule is O=C(O)c1cn[nH]c1S(=O)(=O)NC1CCCOC1. The largest absolute Gasteiger partial charge is 0.478 e. The summed E-state index contributed by atoms with van der Waals surface area (Å²) >= 11 is 0. The minimum atomic E-state index is -3.92. The van der Waals surface area contributed by atoms with Crippen molar-refractivity contribution < 1.29 is 23.1 Å². The lowest BCUT2D eigenvalue weighted by Gasteiger charge is -2.22. The number of rotatable bonds is 4. The molecule has 8 nitrogen and oxygen atoms in total. The van der Waals surface area contributed by atoms with Gasteiger partial charge in [-0.2, -0.15) is 5.10 Å². The number of aromatic carboxylic acids is 1. The highest BCUT2D eigenvalue weighted by Crippen LogP contribution is 2.14. The number of aromatic amines is 1. The molecule has 18 heavy (non-hydrogen) atoms. The van der Waals surface area contributed by atoms with Crippen LogP contribution < -0.4 is 4.72 Å². The maximum atomic E-state index is 12.0. The van der Waals surface area contributed by atoms with E-state index in [1.807, 2.05) is 0 Å². The summed E-state index contributed by atoms with van der Waals surface area (Å²) in [6, 6.07) is -0.339. The van der Waals surface area contributed by atoms with Crippen LogP contribution in [0.25, 0.3) is 0 Å². The Morgan fingerprint density at radius 3 is 3.00 bits per heavy atom. The van der Waals surface area contributed by atoms with Crippen molar-refractivity contribution in [3.8, 4) is 0 Å². The Kier molecular flexibility index (Phi) is 3.64. The van der Waals surface area contributed by atoms with E-state index in [9.17, 15) is 13.2 Å². The second kappa shape index (κ2) is 5.04. The second-order valence-electron chi connectivity index (χ2n) is 3.95. The number of H-pyrrole nitrogens is 1. The summed E-state index contributed by atoms with van der Waals surface area (Å²) in [6.45, 7) is 0.901. The van der Waals surface area contributed by atoms with Crippen molar-refractivity contribution in [1.29, 1.82) is 0 Å². The van der Waals surface area contributed by atoms with E-state index in [-0.39, 0.29) is 18.2 Å². The van der Waals surface area contributed by atoms with Crippen LogP contribution in [0, 0.1) is 0 Å². The molecule has 0 amide bonds. The van der Waals surface area contributed by atoms with E-state index in [4.69, 9.17) is 9.84 Å². The van der Waals surface area contributed by atoms with Gasteiger partial charge in [-0.05, 0) is 12.8 Å². The third-order valence-corrected chi connectivity index (χ3v) is 4.08. The molecule has 0 aromatic carbocycles. The van der Waals surface area contributed by atoms with Crippen molar-refractivity contribution in [2.45, 2.75) is 23.9 Å². The number of carboxylic acid groups (broad SMARTS) is 1. The number of nitrogens with zero attached hydrogens (tertiary/aromatic N) is 1. The fourth-order valence-corrected chi connectivity index (χ4v) is 3.09. The zero-order valence-electron chi connectivity index (χ0n) is 9.42. The molecular weight excluding hydrogens is 262 g/mol. The average molecular weight is 275 g/mol. The van der Waals surface area contributed by atoms with Crippen LogP contribution >= 0.6 is 0 Å². The summed E-state index contributed by atoms with van der Waals surface area (Å²) in [7, 11) is -3.92. The standard InChI is InChI=1S/C9H13N3O5S/c13-9(14)7-4-10-11-8(7)18(15,16)12-6-2-1-3-17-5-6/h4,6,12H,1-3,5H2,(H,10,11)(H,13,14). The van der Waals surface area contributed by atoms with Crippen molar-refractivity contribution >= 4 is 16.0 Å². The zero-order chi connectivity index (χ0) is 13.2. The van der Waals surface area contributed by atoms with Crippen LogP contribution in [0.5, 0.6) is 0 Å². The summed E-state index contributed by atoms with van der Waals surface area (Å²) in [5, 5.41) is 14.1. The molecule has 0 saturated carbocycles. The molecule has 100 valence electrons. The first-order chi connectivity index (χ1) is 8.50. The molecule has 1 unspecified atom stereocenters. The van der Waals surface area contributed by atoms with Crippen molar-refractivity contribution in [3.05, 3.63) is 11.8 Å². The van der Waals surface area contributed by atoms with E-state index in [0.29, 0.717) is 13.0 Å². The second-order valence-corrected chi connectivity index (χ2v) is 5.60. The van der Waals surface area contributed by atoms with E-state index in [1.54, 1.807) is 0 Å². The summed E-state index contributed by atoms with van der Waals surface area (Å²) in [5.41, 5.74) is -0.376. The number of nitrogens with one attached hydrogen (secondary N) is 2. The fourth-order valence-electron chi connectivity index (χ4n) is 1.74. The Morgan fingerprint density at radius 2 is 2.39 bits per heavy atom. The number of hydrogen-bond acceptors (Lipinski definition) is 5. The Balaban J connectivity index is 2.19. The summed E-state index contributed by atoms with van der Waals surface area (Å²) in [5.74, 6) is -1.34. The topological polar surface area (TPSA) is 121 Å². The number of ether oxygens (including phenoxy) is 1. The third kappa shape index (κ3) is 2.68. The zero-order valence-corrected chi connectivity index (χ0v) is 10.2. The molecule has 1 aromatic rings. The lowest BCUT2D eigenvalue weighted by atomic mass is 10.1. The van der Waals surface area contributed by atoms with Gasteiger partial charge in [-0.1, -0.05) is 0 Å². The van der Waals surface area contributed by atoms with Crippen molar-refractivity contribution in [2.75, 3.05) is 13.2 Å². The van der Waals surface area contributed by atoms with Gasteiger partial charge < -0.3 is 9.84 Å². The molecule has 1 aliphatic heterocycles. The van der Waals surface area contributed by atoms with Gasteiger partial charge in [0.1, 0.15) is 5.56 Å². The van der Waals surface area contributed by atoms with Gasteiger partial charge >= 0.3 is 5.97 Å². The van der Waals surface area contributed by atoms with Gasteiger partial charge in [0.25, 0.3) is 10.0 Å². The lowest BCUT2D eigenvalue weighted by molar-refractivity contribution is 0.0692. The van der Waals surface area contributed by atoms with Gasteiger partial charge in [-0.15, -0.1) is 0 Å². The molecular formula is C9H13N3O5S. The third-order valence-electron chi connectivity index (χ3n) is 2.59. The predicted octanol–water partition coefficient (Wildman–Crippen LogP) is -0.435. The molecule has 1 saturated heterocycles. The van der Waals surface area contributed by atoms with Crippen molar-refractivity contribution in [2.24, 2.45) is 0 Å². The highest BCUT2D eigenvalue weighted by atomic mass is 32.2. The normalized spacial score (nSPS) is 20.8. The molecule has 2 heterocycles. The quantitative estimate of drug-likeness (QED) is 0.685. The van der Waals surface area contributed by atoms with E-state index in [1.165, 1.54) is 0 Å². The predicted molar refractivity (Wildman–Crippen MR) is 59.7 cm³/mol. The molecule has 3 N–H and O–H groups in total. The smallest absolute Gasteiger partial charge is 0.340 e. The van der Waals surface area contributed by atoms with E-state index >= 15 is 0 Å². The van der Waals surface area contributed by atoms with Crippen LogP contribution in [-0.4, -0.2) is 48.9 Å². The van der Waals surface area contributed by atoms with Crippen LogP contribution in [0.3, 0.4) is 0 Å². The number of carbonyl (C=O) groups is 1. The van der Waals surface area contributed by atoms with Crippen LogP contribution in [0.15, 0.2) is 11.2 Å². The van der Waals surface area contributed by atoms with Gasteiger partial charge in [-0.3, -0.25) is 5.10 Å². The van der Waals surface area contributed by atoms with Gasteiger partial charge in [0.05, 0.1) is 12.8 Å². The Morgan fingerprint density at radius 1 is 1.61 bits per heavy atom. The molecule has 1 aromatic heterocycles. The van der Waals surface area contributed by atoms with Gasteiger partial charge in [0.15, 0.2) is 5.03 Å². The van der Waals surface area contributed by atoms with Gasteiger partial charge in [-0.25, -0.2) is 17.9 Å². The molecule has 1 fully saturated rings. The minimum absolute atomic E-state index is 0.287. The van der Waals surface area contributed by atoms with Crippen LogP contribution in [0.1, 0.15) is 23.2 Å². The van der Waals surface area contributed by atoms with Gasteiger partial charge in [0, 0.05) is 12.6 Å². The van der Waals surface area contributed by atoms with Crippen LogP contribution in [0.4, 0.5) is 0 Å². The molecule has 0 bridgehead atoms. The number of sulfonamides is 1. The number of aromatic nitrogens is 2. The monoisotopic (exact) mass is 275 g/mol. The Bertz CT molecular complexity index is 532. The van der Waals surface area contributed by atoms with Crippen molar-refractivity contribution in [3.63, 3.8) is 0 Å². The Hall–Kier alpha value is -1.45. The summed E-state index contributed by atoms with van der Waals surface area (Å²) < 4.78 is 31.5. The van der Waals surface area contributed by atoms with Crippen LogP contribution in [0.2, 0.25) is 0 Å². The van der Waals surface area contributed by atoms with Crippen molar-refractivity contribution in [1.82, 2.24) is 14.9 Å². The van der Waals surface area contributed by atoms with Crippen LogP contribution in [-0.2, 0) is 14.8 Å². The highest BCUT2D eigenvalue weighted by Gasteiger charge is 2.28. The van der Waals surface area contributed by atoms with Gasteiger partial charge in [0.2, 0.25) is 0 Å². The summed E-state index contributed by atoms with van der Waals surface area (Å²) in [4.78, 5) is 10.8. The minimum Gasteiger partial charge on any atom is -0.478 e. The lowest BCUT2D eigenvalue weighted by Crippen LogP contribution is -2.41. The molecule has 1 atom stereocenters. The first-order valence-corrected chi connectivity index (χ1v) is 6.86. The first-order valence-electron chi connectivity index (χ1n) is 5.37. The summed E-state index contributed by atoms with van der Waals surface area (Å²) in [6.07, 6.45) is 2.39. The number of carboxylic acids is 1. The molecule has 0 spiro atoms. The van der Waals surface area contributed by atoms with E-state index in [2.05, 4.69) is 14.9 Å².